The van der Waals surface area contributed by atoms with Gasteiger partial charge < -0.3 is 21.3 Å². The molecule has 0 spiro atoms. The molecule has 158 valence electrons. The third-order valence-corrected chi connectivity index (χ3v) is 6.63. The van der Waals surface area contributed by atoms with Gasteiger partial charge in [0.25, 0.3) is 5.91 Å². The summed E-state index contributed by atoms with van der Waals surface area (Å²) in [4.78, 5) is 21.0. The molecule has 0 unspecified atom stereocenters. The van der Waals surface area contributed by atoms with Crippen LogP contribution in [-0.2, 0) is 6.42 Å². The van der Waals surface area contributed by atoms with E-state index in [1.165, 1.54) is 41.9 Å². The first-order valence-corrected chi connectivity index (χ1v) is 11.5. The van der Waals surface area contributed by atoms with E-state index in [9.17, 15) is 4.79 Å². The highest BCUT2D eigenvalue weighted by Gasteiger charge is 2.17. The highest BCUT2D eigenvalue weighted by Crippen LogP contribution is 2.33. The molecule has 0 atom stereocenters. The smallest absolute Gasteiger partial charge is 0.263 e. The summed E-state index contributed by atoms with van der Waals surface area (Å²) < 4.78 is 0. The summed E-state index contributed by atoms with van der Waals surface area (Å²) in [6.07, 6.45) is 4.69. The van der Waals surface area contributed by atoms with Gasteiger partial charge in [-0.05, 0) is 62.4 Å². The van der Waals surface area contributed by atoms with E-state index in [0.29, 0.717) is 17.1 Å². The number of nitrogen functional groups attached to an aromatic ring is 1. The molecule has 0 bridgehead atoms. The number of piperidine rings is 1. The molecule has 4 N–H and O–H groups in total. The van der Waals surface area contributed by atoms with Crippen molar-refractivity contribution in [3.8, 4) is 0 Å². The predicted octanol–water partition coefficient (Wildman–Crippen LogP) is 4.27. The number of rotatable bonds is 7. The molecule has 2 aromatic heterocycles. The number of nitrogens with one attached hydrogen (secondary N) is 2. The molecule has 1 aliphatic rings. The highest BCUT2D eigenvalue weighted by molar-refractivity contribution is 7.21. The van der Waals surface area contributed by atoms with E-state index in [0.717, 1.165) is 42.1 Å². The van der Waals surface area contributed by atoms with Gasteiger partial charge in [-0.15, -0.1) is 11.3 Å². The standard InChI is InChI=1S/C23H29N5OS/c1-2-25-19-11-10-18-20(24)21(30-23(18)27-19)22(29)26-13-12-16-6-8-17(9-7-16)28-14-4-3-5-15-28/h6-11H,2-5,12-15,24H2,1H3,(H,25,27)(H,26,29). The van der Waals surface area contributed by atoms with Crippen molar-refractivity contribution >= 4 is 44.7 Å². The maximum atomic E-state index is 12.7. The fraction of sp³-hybridized carbons (Fsp3) is 0.391. The number of hydrogen-bond donors (Lipinski definition) is 3. The first-order valence-electron chi connectivity index (χ1n) is 10.7. The fourth-order valence-corrected chi connectivity index (χ4v) is 4.88. The maximum absolute atomic E-state index is 12.7. The molecule has 1 amide bonds. The van der Waals surface area contributed by atoms with E-state index in [1.54, 1.807) is 0 Å². The van der Waals surface area contributed by atoms with Crippen LogP contribution < -0.4 is 21.3 Å². The number of nitrogens with two attached hydrogens (primary N) is 1. The molecular formula is C23H29N5OS. The Hall–Kier alpha value is -2.80. The number of nitrogens with zero attached hydrogens (tertiary/aromatic N) is 2. The monoisotopic (exact) mass is 423 g/mol. The minimum atomic E-state index is -0.134. The molecule has 1 aromatic carbocycles. The molecule has 3 aromatic rings. The van der Waals surface area contributed by atoms with Crippen LogP contribution in [0.15, 0.2) is 36.4 Å². The van der Waals surface area contributed by atoms with E-state index in [-0.39, 0.29) is 5.91 Å². The molecule has 1 saturated heterocycles. The molecule has 7 heteroatoms. The van der Waals surface area contributed by atoms with Crippen LogP contribution in [0.3, 0.4) is 0 Å². The van der Waals surface area contributed by atoms with Crippen molar-refractivity contribution in [3.05, 3.63) is 46.8 Å². The van der Waals surface area contributed by atoms with Crippen molar-refractivity contribution in [2.75, 3.05) is 42.1 Å². The fourth-order valence-electron chi connectivity index (χ4n) is 3.87. The lowest BCUT2D eigenvalue weighted by Gasteiger charge is -2.28. The van der Waals surface area contributed by atoms with E-state index in [1.807, 2.05) is 19.1 Å². The zero-order chi connectivity index (χ0) is 20.9. The lowest BCUT2D eigenvalue weighted by Crippen LogP contribution is -2.29. The predicted molar refractivity (Wildman–Crippen MR) is 127 cm³/mol. The average molecular weight is 424 g/mol. The van der Waals surface area contributed by atoms with Gasteiger partial charge in [-0.2, -0.15) is 0 Å². The molecule has 1 fully saturated rings. The number of hydrogen-bond acceptors (Lipinski definition) is 6. The van der Waals surface area contributed by atoms with Gasteiger partial charge in [0.2, 0.25) is 0 Å². The van der Waals surface area contributed by atoms with Crippen LogP contribution in [-0.4, -0.2) is 37.1 Å². The average Bonchev–Trinajstić information content (AvgIpc) is 3.11. The lowest BCUT2D eigenvalue weighted by molar-refractivity contribution is 0.0959. The third-order valence-electron chi connectivity index (χ3n) is 5.51. The number of amides is 1. The Kier molecular flexibility index (Phi) is 6.38. The third kappa shape index (κ3) is 4.51. The van der Waals surface area contributed by atoms with Crippen molar-refractivity contribution in [3.63, 3.8) is 0 Å². The number of thiophene rings is 1. The van der Waals surface area contributed by atoms with Gasteiger partial charge in [-0.1, -0.05) is 12.1 Å². The lowest BCUT2D eigenvalue weighted by atomic mass is 10.1. The molecule has 1 aliphatic heterocycles. The summed E-state index contributed by atoms with van der Waals surface area (Å²) in [6, 6.07) is 12.5. The van der Waals surface area contributed by atoms with Crippen molar-refractivity contribution in [1.82, 2.24) is 10.3 Å². The quantitative estimate of drug-likeness (QED) is 0.528. The second-order valence-electron chi connectivity index (χ2n) is 7.64. The zero-order valence-corrected chi connectivity index (χ0v) is 18.2. The topological polar surface area (TPSA) is 83.3 Å². The number of aromatic nitrogens is 1. The maximum Gasteiger partial charge on any atom is 0.263 e. The number of carbonyl (C=O) groups is 1. The SMILES string of the molecule is CCNc1ccc2c(N)c(C(=O)NCCc3ccc(N4CCCCC4)cc3)sc2n1. The number of carbonyl (C=O) groups excluding carboxylic acids is 1. The van der Waals surface area contributed by atoms with Crippen molar-refractivity contribution < 1.29 is 4.79 Å². The first kappa shape index (κ1) is 20.5. The van der Waals surface area contributed by atoms with E-state index < -0.39 is 0 Å². The van der Waals surface area contributed by atoms with Crippen LogP contribution in [0.5, 0.6) is 0 Å². The number of anilines is 3. The molecule has 0 saturated carbocycles. The van der Waals surface area contributed by atoms with Gasteiger partial charge in [0.1, 0.15) is 15.5 Å². The minimum Gasteiger partial charge on any atom is -0.397 e. The van der Waals surface area contributed by atoms with Gasteiger partial charge in [-0.25, -0.2) is 4.98 Å². The molecule has 30 heavy (non-hydrogen) atoms. The van der Waals surface area contributed by atoms with E-state index >= 15 is 0 Å². The summed E-state index contributed by atoms with van der Waals surface area (Å²) in [5.74, 6) is 0.664. The summed E-state index contributed by atoms with van der Waals surface area (Å²) in [5, 5.41) is 7.02. The van der Waals surface area contributed by atoms with Crippen molar-refractivity contribution in [2.24, 2.45) is 0 Å². The van der Waals surface area contributed by atoms with Crippen LogP contribution >= 0.6 is 11.3 Å². The largest absolute Gasteiger partial charge is 0.397 e. The summed E-state index contributed by atoms with van der Waals surface area (Å²) in [5.41, 5.74) is 9.24. The Morgan fingerprint density at radius 1 is 1.13 bits per heavy atom. The van der Waals surface area contributed by atoms with Gasteiger partial charge in [0.15, 0.2) is 0 Å². The van der Waals surface area contributed by atoms with Gasteiger partial charge >= 0.3 is 0 Å². The molecule has 6 nitrogen and oxygen atoms in total. The Bertz CT molecular complexity index is 1010. The summed E-state index contributed by atoms with van der Waals surface area (Å²) >= 11 is 1.34. The van der Waals surface area contributed by atoms with Gasteiger partial charge in [0, 0.05) is 37.3 Å². The second kappa shape index (κ2) is 9.34. The Morgan fingerprint density at radius 2 is 1.90 bits per heavy atom. The van der Waals surface area contributed by atoms with Crippen LogP contribution in [0.25, 0.3) is 10.2 Å². The number of fused-ring (bicyclic) bond motifs is 1. The summed E-state index contributed by atoms with van der Waals surface area (Å²) in [7, 11) is 0. The van der Waals surface area contributed by atoms with Crippen LogP contribution in [0.1, 0.15) is 41.4 Å². The van der Waals surface area contributed by atoms with Crippen LogP contribution in [0.4, 0.5) is 17.2 Å². The summed E-state index contributed by atoms with van der Waals surface area (Å²) in [6.45, 7) is 5.69. The molecular weight excluding hydrogens is 394 g/mol. The van der Waals surface area contributed by atoms with Gasteiger partial charge in [-0.3, -0.25) is 4.79 Å². The Labute approximate surface area is 181 Å². The van der Waals surface area contributed by atoms with Crippen LogP contribution in [0, 0.1) is 0 Å². The zero-order valence-electron chi connectivity index (χ0n) is 17.4. The minimum absolute atomic E-state index is 0.134. The Balaban J connectivity index is 1.35. The molecule has 0 radical (unpaired) electrons. The highest BCUT2D eigenvalue weighted by atomic mass is 32.1. The Morgan fingerprint density at radius 3 is 2.63 bits per heavy atom. The van der Waals surface area contributed by atoms with Crippen LogP contribution in [0.2, 0.25) is 0 Å². The van der Waals surface area contributed by atoms with Crippen molar-refractivity contribution in [1.29, 1.82) is 0 Å². The normalized spacial score (nSPS) is 14.1. The molecule has 3 heterocycles. The first-order chi connectivity index (χ1) is 14.7. The molecule has 4 rings (SSSR count). The van der Waals surface area contributed by atoms with Crippen molar-refractivity contribution in [2.45, 2.75) is 32.6 Å². The molecule has 0 aliphatic carbocycles. The second-order valence-corrected chi connectivity index (χ2v) is 8.64. The van der Waals surface area contributed by atoms with E-state index in [2.05, 4.69) is 44.8 Å². The van der Waals surface area contributed by atoms with E-state index in [4.69, 9.17) is 5.73 Å². The number of pyridine rings is 1. The number of benzene rings is 1. The van der Waals surface area contributed by atoms with Gasteiger partial charge in [0.05, 0.1) is 5.69 Å².